The molecule has 1 unspecified atom stereocenters. The zero-order valence-electron chi connectivity index (χ0n) is 11.9. The van der Waals surface area contributed by atoms with Crippen LogP contribution in [0.2, 0.25) is 0 Å². The summed E-state index contributed by atoms with van der Waals surface area (Å²) < 4.78 is 0. The lowest BCUT2D eigenvalue weighted by Crippen LogP contribution is -2.41. The van der Waals surface area contributed by atoms with E-state index in [-0.39, 0.29) is 11.8 Å². The number of hydrogen-bond acceptors (Lipinski definition) is 5. The Morgan fingerprint density at radius 3 is 2.95 bits per heavy atom. The Labute approximate surface area is 122 Å². The van der Waals surface area contributed by atoms with E-state index < -0.39 is 0 Å². The van der Waals surface area contributed by atoms with Crippen LogP contribution in [-0.2, 0) is 4.79 Å². The van der Waals surface area contributed by atoms with Crippen molar-refractivity contribution in [3.05, 3.63) is 30.2 Å². The molecule has 1 aliphatic rings. The Morgan fingerprint density at radius 1 is 1.43 bits per heavy atom. The molecular formula is C14H18N6O. The van der Waals surface area contributed by atoms with Crippen LogP contribution >= 0.6 is 0 Å². The van der Waals surface area contributed by atoms with Gasteiger partial charge in [0.25, 0.3) is 0 Å². The number of aromatic amines is 1. The average molecular weight is 286 g/mol. The topological polar surface area (TPSA) is 86.8 Å². The van der Waals surface area contributed by atoms with Gasteiger partial charge in [-0.3, -0.25) is 9.89 Å². The molecule has 0 saturated carbocycles. The number of aryl methyl sites for hydroxylation is 1. The summed E-state index contributed by atoms with van der Waals surface area (Å²) in [4.78, 5) is 22.9. The Balaban J connectivity index is 1.64. The first-order valence-electron chi connectivity index (χ1n) is 7.07. The molecule has 21 heavy (non-hydrogen) atoms. The maximum Gasteiger partial charge on any atom is 0.230 e. The molecule has 0 radical (unpaired) electrons. The molecule has 0 bridgehead atoms. The van der Waals surface area contributed by atoms with Gasteiger partial charge in [0.2, 0.25) is 11.9 Å². The largest absolute Gasteiger partial charge is 0.340 e. The number of nitrogens with one attached hydrogen (secondary N) is 2. The summed E-state index contributed by atoms with van der Waals surface area (Å²) in [7, 11) is 0. The fourth-order valence-electron chi connectivity index (χ4n) is 2.54. The third-order valence-electron chi connectivity index (χ3n) is 3.58. The molecule has 7 heteroatoms. The van der Waals surface area contributed by atoms with Crippen LogP contribution in [0.3, 0.4) is 0 Å². The van der Waals surface area contributed by atoms with Gasteiger partial charge in [0.05, 0.1) is 5.92 Å². The average Bonchev–Trinajstić information content (AvgIpc) is 2.93. The summed E-state index contributed by atoms with van der Waals surface area (Å²) in [6, 6.07) is 3.61. The fourth-order valence-corrected chi connectivity index (χ4v) is 2.54. The van der Waals surface area contributed by atoms with Crippen LogP contribution in [0, 0.1) is 12.8 Å². The van der Waals surface area contributed by atoms with Crippen molar-refractivity contribution < 1.29 is 4.79 Å². The van der Waals surface area contributed by atoms with Crippen LogP contribution < -0.4 is 10.2 Å². The number of hydrogen-bond donors (Lipinski definition) is 2. The van der Waals surface area contributed by atoms with E-state index in [0.29, 0.717) is 18.3 Å². The minimum absolute atomic E-state index is 0.00197. The smallest absolute Gasteiger partial charge is 0.230 e. The fraction of sp³-hybridized carbons (Fsp3) is 0.429. The Kier molecular flexibility index (Phi) is 3.81. The minimum Gasteiger partial charge on any atom is -0.340 e. The second kappa shape index (κ2) is 5.90. The van der Waals surface area contributed by atoms with Crippen LogP contribution in [0.1, 0.15) is 18.5 Å². The summed E-state index contributed by atoms with van der Waals surface area (Å²) in [5.74, 6) is 1.19. The van der Waals surface area contributed by atoms with Crippen molar-refractivity contribution in [3.63, 3.8) is 0 Å². The molecule has 110 valence electrons. The highest BCUT2D eigenvalue weighted by Crippen LogP contribution is 2.21. The van der Waals surface area contributed by atoms with E-state index in [2.05, 4.69) is 30.4 Å². The molecule has 7 nitrogen and oxygen atoms in total. The quantitative estimate of drug-likeness (QED) is 0.889. The molecule has 2 aromatic heterocycles. The molecule has 1 aliphatic heterocycles. The zero-order valence-corrected chi connectivity index (χ0v) is 11.9. The molecule has 3 heterocycles. The molecule has 1 amide bonds. The van der Waals surface area contributed by atoms with Gasteiger partial charge in [-0.15, -0.1) is 0 Å². The van der Waals surface area contributed by atoms with Gasteiger partial charge >= 0.3 is 0 Å². The van der Waals surface area contributed by atoms with Crippen molar-refractivity contribution in [3.8, 4) is 0 Å². The standard InChI is InChI=1S/C14H18N6O/c1-10-8-12(19-18-10)17-13(21)11-4-2-7-20(9-11)14-15-5-3-6-16-14/h3,5-6,8,11H,2,4,7,9H2,1H3,(H2,17,18,19,21). The maximum atomic E-state index is 12.3. The van der Waals surface area contributed by atoms with Crippen LogP contribution in [0.4, 0.5) is 11.8 Å². The van der Waals surface area contributed by atoms with Gasteiger partial charge < -0.3 is 10.2 Å². The summed E-state index contributed by atoms with van der Waals surface area (Å²) in [6.07, 6.45) is 5.27. The third-order valence-corrected chi connectivity index (χ3v) is 3.58. The number of piperidine rings is 1. The maximum absolute atomic E-state index is 12.3. The number of aromatic nitrogens is 4. The minimum atomic E-state index is -0.0698. The highest BCUT2D eigenvalue weighted by atomic mass is 16.2. The predicted octanol–water partition coefficient (Wildman–Crippen LogP) is 1.36. The number of amides is 1. The van der Waals surface area contributed by atoms with Crippen molar-refractivity contribution in [1.82, 2.24) is 20.2 Å². The first kappa shape index (κ1) is 13.5. The van der Waals surface area contributed by atoms with Gasteiger partial charge in [-0.05, 0) is 25.8 Å². The normalized spacial score (nSPS) is 18.5. The molecule has 1 saturated heterocycles. The van der Waals surface area contributed by atoms with Crippen LogP contribution in [-0.4, -0.2) is 39.2 Å². The SMILES string of the molecule is Cc1cc(NC(=O)C2CCCN(c3ncccn3)C2)n[nH]1. The van der Waals surface area contributed by atoms with Gasteiger partial charge in [-0.2, -0.15) is 5.10 Å². The number of H-pyrrole nitrogens is 1. The molecule has 2 N–H and O–H groups in total. The Bertz CT molecular complexity index is 611. The monoisotopic (exact) mass is 286 g/mol. The second-order valence-electron chi connectivity index (χ2n) is 5.26. The zero-order chi connectivity index (χ0) is 14.7. The highest BCUT2D eigenvalue weighted by Gasteiger charge is 2.27. The number of anilines is 2. The van der Waals surface area contributed by atoms with Crippen molar-refractivity contribution in [2.24, 2.45) is 5.92 Å². The number of rotatable bonds is 3. The first-order valence-corrected chi connectivity index (χ1v) is 7.07. The highest BCUT2D eigenvalue weighted by molar-refractivity contribution is 5.92. The summed E-state index contributed by atoms with van der Waals surface area (Å²) >= 11 is 0. The molecule has 1 atom stereocenters. The summed E-state index contributed by atoms with van der Waals surface area (Å²) in [5.41, 5.74) is 0.924. The van der Waals surface area contributed by atoms with Gasteiger partial charge in [0.15, 0.2) is 5.82 Å². The van der Waals surface area contributed by atoms with E-state index in [1.807, 2.05) is 13.0 Å². The molecule has 1 fully saturated rings. The second-order valence-corrected chi connectivity index (χ2v) is 5.26. The van der Waals surface area contributed by atoms with Crippen molar-refractivity contribution in [1.29, 1.82) is 0 Å². The van der Waals surface area contributed by atoms with Crippen molar-refractivity contribution >= 4 is 17.7 Å². The number of carbonyl (C=O) groups is 1. The Morgan fingerprint density at radius 2 is 2.24 bits per heavy atom. The Hall–Kier alpha value is -2.44. The lowest BCUT2D eigenvalue weighted by atomic mass is 9.97. The third kappa shape index (κ3) is 3.18. The molecule has 2 aromatic rings. The van der Waals surface area contributed by atoms with Gasteiger partial charge in [-0.25, -0.2) is 9.97 Å². The van der Waals surface area contributed by atoms with E-state index in [1.54, 1.807) is 18.5 Å². The molecule has 0 aromatic carbocycles. The number of carbonyl (C=O) groups excluding carboxylic acids is 1. The summed E-state index contributed by atoms with van der Waals surface area (Å²) in [5, 5.41) is 9.70. The van der Waals surface area contributed by atoms with Crippen molar-refractivity contribution in [2.45, 2.75) is 19.8 Å². The van der Waals surface area contributed by atoms with E-state index in [4.69, 9.17) is 0 Å². The van der Waals surface area contributed by atoms with E-state index in [9.17, 15) is 4.79 Å². The van der Waals surface area contributed by atoms with Gasteiger partial charge in [0, 0.05) is 37.2 Å². The first-order chi connectivity index (χ1) is 10.2. The number of nitrogens with zero attached hydrogens (tertiary/aromatic N) is 4. The van der Waals surface area contributed by atoms with Crippen LogP contribution in [0.5, 0.6) is 0 Å². The van der Waals surface area contributed by atoms with Gasteiger partial charge in [-0.1, -0.05) is 0 Å². The summed E-state index contributed by atoms with van der Waals surface area (Å²) in [6.45, 7) is 3.42. The van der Waals surface area contributed by atoms with Crippen LogP contribution in [0.15, 0.2) is 24.5 Å². The van der Waals surface area contributed by atoms with E-state index in [0.717, 1.165) is 25.1 Å². The van der Waals surface area contributed by atoms with E-state index >= 15 is 0 Å². The molecule has 0 spiro atoms. The molecule has 3 rings (SSSR count). The lowest BCUT2D eigenvalue weighted by Gasteiger charge is -2.31. The van der Waals surface area contributed by atoms with Crippen molar-refractivity contribution in [2.75, 3.05) is 23.3 Å². The molecular weight excluding hydrogens is 268 g/mol. The van der Waals surface area contributed by atoms with Gasteiger partial charge in [0.1, 0.15) is 0 Å². The van der Waals surface area contributed by atoms with Crippen LogP contribution in [0.25, 0.3) is 0 Å². The predicted molar refractivity (Wildman–Crippen MR) is 78.9 cm³/mol. The molecule has 0 aliphatic carbocycles. The lowest BCUT2D eigenvalue weighted by molar-refractivity contribution is -0.120. The van der Waals surface area contributed by atoms with E-state index in [1.165, 1.54) is 0 Å².